The third-order valence-electron chi connectivity index (χ3n) is 3.72. The highest BCUT2D eigenvalue weighted by Gasteiger charge is 2.32. The summed E-state index contributed by atoms with van der Waals surface area (Å²) in [6, 6.07) is 6.57. The lowest BCUT2D eigenvalue weighted by atomic mass is 9.82. The molecule has 5 nitrogen and oxygen atoms in total. The van der Waals surface area contributed by atoms with Crippen LogP contribution < -0.4 is 0 Å². The molecule has 1 aliphatic carbocycles. The van der Waals surface area contributed by atoms with Crippen LogP contribution in [0.15, 0.2) is 23.1 Å². The Labute approximate surface area is 119 Å². The lowest BCUT2D eigenvalue weighted by molar-refractivity contribution is 0.0367. The summed E-state index contributed by atoms with van der Waals surface area (Å²) in [7, 11) is -1.99. The van der Waals surface area contributed by atoms with Gasteiger partial charge in [0.05, 0.1) is 22.6 Å². The minimum Gasteiger partial charge on any atom is -0.393 e. The van der Waals surface area contributed by atoms with E-state index in [1.165, 1.54) is 16.4 Å². The van der Waals surface area contributed by atoms with E-state index in [0.29, 0.717) is 30.5 Å². The summed E-state index contributed by atoms with van der Waals surface area (Å²) < 4.78 is 26.3. The van der Waals surface area contributed by atoms with Crippen LogP contribution in [0, 0.1) is 24.2 Å². The minimum atomic E-state index is -3.54. The van der Waals surface area contributed by atoms with Crippen molar-refractivity contribution in [3.8, 4) is 6.07 Å². The Morgan fingerprint density at radius 2 is 2.10 bits per heavy atom. The summed E-state index contributed by atoms with van der Waals surface area (Å²) in [6.07, 6.45) is 1.03. The maximum atomic E-state index is 12.5. The summed E-state index contributed by atoms with van der Waals surface area (Å²) in [5, 5.41) is 18.1. The van der Waals surface area contributed by atoms with Crippen LogP contribution in [0.4, 0.5) is 0 Å². The molecule has 0 unspecified atom stereocenters. The van der Waals surface area contributed by atoms with Gasteiger partial charge in [0, 0.05) is 13.6 Å². The quantitative estimate of drug-likeness (QED) is 0.906. The van der Waals surface area contributed by atoms with Crippen molar-refractivity contribution in [2.45, 2.75) is 30.8 Å². The normalized spacial score (nSPS) is 22.4. The number of aryl methyl sites for hydroxylation is 1. The van der Waals surface area contributed by atoms with Gasteiger partial charge >= 0.3 is 0 Å². The first-order valence-corrected chi connectivity index (χ1v) is 7.93. The average molecular weight is 294 g/mol. The fourth-order valence-electron chi connectivity index (χ4n) is 2.49. The largest absolute Gasteiger partial charge is 0.393 e. The molecule has 0 spiro atoms. The molecule has 1 N–H and O–H groups in total. The highest BCUT2D eigenvalue weighted by molar-refractivity contribution is 7.89. The van der Waals surface area contributed by atoms with Crippen molar-refractivity contribution in [3.63, 3.8) is 0 Å². The van der Waals surface area contributed by atoms with Crippen LogP contribution in [0.1, 0.15) is 24.0 Å². The first-order valence-electron chi connectivity index (χ1n) is 6.49. The van der Waals surface area contributed by atoms with E-state index in [1.807, 2.05) is 6.07 Å². The van der Waals surface area contributed by atoms with Gasteiger partial charge in [-0.2, -0.15) is 5.26 Å². The Morgan fingerprint density at radius 3 is 2.60 bits per heavy atom. The highest BCUT2D eigenvalue weighted by Crippen LogP contribution is 2.29. The lowest BCUT2D eigenvalue weighted by Crippen LogP contribution is -2.39. The van der Waals surface area contributed by atoms with E-state index in [0.717, 1.165) is 0 Å². The second-order valence-electron chi connectivity index (χ2n) is 5.37. The second-order valence-corrected chi connectivity index (χ2v) is 7.38. The third-order valence-corrected chi connectivity index (χ3v) is 5.70. The maximum Gasteiger partial charge on any atom is 0.243 e. The van der Waals surface area contributed by atoms with Gasteiger partial charge in [0.25, 0.3) is 0 Å². The predicted octanol–water partition coefficient (Wildman–Crippen LogP) is 1.26. The maximum absolute atomic E-state index is 12.5. The van der Waals surface area contributed by atoms with Gasteiger partial charge in [0.15, 0.2) is 0 Å². The zero-order chi connectivity index (χ0) is 14.9. The van der Waals surface area contributed by atoms with Crippen LogP contribution in [-0.2, 0) is 10.0 Å². The SMILES string of the molecule is Cc1cc(C#N)ccc1S(=O)(=O)N(C)CC1CC(O)C1. The number of nitriles is 1. The fraction of sp³-hybridized carbons (Fsp3) is 0.500. The molecule has 0 aromatic heterocycles. The van der Waals surface area contributed by atoms with Gasteiger partial charge in [-0.1, -0.05) is 0 Å². The Balaban J connectivity index is 2.19. The molecule has 1 aromatic rings. The van der Waals surface area contributed by atoms with Crippen LogP contribution in [0.25, 0.3) is 0 Å². The van der Waals surface area contributed by atoms with Crippen molar-refractivity contribution in [2.75, 3.05) is 13.6 Å². The van der Waals surface area contributed by atoms with Crippen molar-refractivity contribution in [1.29, 1.82) is 5.26 Å². The van der Waals surface area contributed by atoms with E-state index in [-0.39, 0.29) is 16.9 Å². The van der Waals surface area contributed by atoms with Crippen LogP contribution in [0.3, 0.4) is 0 Å². The molecule has 0 heterocycles. The topological polar surface area (TPSA) is 81.4 Å². The molecule has 0 bridgehead atoms. The number of sulfonamides is 1. The van der Waals surface area contributed by atoms with Crippen LogP contribution in [0.5, 0.6) is 0 Å². The number of hydrogen-bond acceptors (Lipinski definition) is 4. The Bertz CT molecular complexity index is 643. The molecule has 0 amide bonds. The monoisotopic (exact) mass is 294 g/mol. The second kappa shape index (κ2) is 5.52. The highest BCUT2D eigenvalue weighted by atomic mass is 32.2. The summed E-state index contributed by atoms with van der Waals surface area (Å²) >= 11 is 0. The van der Waals surface area contributed by atoms with E-state index in [2.05, 4.69) is 0 Å². The van der Waals surface area contributed by atoms with Crippen molar-refractivity contribution in [3.05, 3.63) is 29.3 Å². The molecule has 108 valence electrons. The predicted molar refractivity (Wildman–Crippen MR) is 74.4 cm³/mol. The molecule has 0 saturated heterocycles. The van der Waals surface area contributed by atoms with E-state index in [1.54, 1.807) is 20.0 Å². The van der Waals surface area contributed by atoms with Crippen LogP contribution >= 0.6 is 0 Å². The zero-order valence-corrected chi connectivity index (χ0v) is 12.4. The molecule has 20 heavy (non-hydrogen) atoms. The number of hydrogen-bond donors (Lipinski definition) is 1. The van der Waals surface area contributed by atoms with Crippen molar-refractivity contribution in [2.24, 2.45) is 5.92 Å². The van der Waals surface area contributed by atoms with Gasteiger partial charge in [0.1, 0.15) is 0 Å². The lowest BCUT2D eigenvalue weighted by Gasteiger charge is -2.34. The van der Waals surface area contributed by atoms with Crippen LogP contribution in [0.2, 0.25) is 0 Å². The summed E-state index contributed by atoms with van der Waals surface area (Å²) in [5.41, 5.74) is 1.02. The zero-order valence-electron chi connectivity index (χ0n) is 11.6. The Kier molecular flexibility index (Phi) is 4.14. The summed E-state index contributed by atoms with van der Waals surface area (Å²) in [6.45, 7) is 2.10. The first kappa shape index (κ1) is 15.0. The molecule has 1 aliphatic rings. The average Bonchev–Trinajstić information content (AvgIpc) is 2.36. The number of aliphatic hydroxyl groups is 1. The fourth-order valence-corrected chi connectivity index (χ4v) is 3.94. The van der Waals surface area contributed by atoms with Crippen molar-refractivity contribution in [1.82, 2.24) is 4.31 Å². The first-order chi connectivity index (χ1) is 9.34. The Hall–Kier alpha value is -1.42. The molecule has 1 aromatic carbocycles. The van der Waals surface area contributed by atoms with Gasteiger partial charge in [-0.25, -0.2) is 12.7 Å². The standard InChI is InChI=1S/C14H18N2O3S/c1-10-5-11(8-15)3-4-14(10)20(18,19)16(2)9-12-6-13(17)7-12/h3-5,12-13,17H,6-7,9H2,1-2H3. The molecular formula is C14H18N2O3S. The molecule has 0 radical (unpaired) electrons. The van der Waals surface area contributed by atoms with E-state index >= 15 is 0 Å². The number of benzene rings is 1. The van der Waals surface area contributed by atoms with Gasteiger partial charge < -0.3 is 5.11 Å². The number of aliphatic hydroxyl groups excluding tert-OH is 1. The Morgan fingerprint density at radius 1 is 1.45 bits per heavy atom. The molecule has 2 rings (SSSR count). The summed E-state index contributed by atoms with van der Waals surface area (Å²) in [4.78, 5) is 0.235. The van der Waals surface area contributed by atoms with Crippen molar-refractivity contribution >= 4 is 10.0 Å². The third kappa shape index (κ3) is 2.85. The number of rotatable bonds is 4. The smallest absolute Gasteiger partial charge is 0.243 e. The van der Waals surface area contributed by atoms with Gasteiger partial charge in [-0.05, 0) is 49.4 Å². The molecule has 1 fully saturated rings. The molecule has 0 atom stereocenters. The summed E-state index contributed by atoms with van der Waals surface area (Å²) in [5.74, 6) is 0.225. The minimum absolute atomic E-state index is 0.225. The molecule has 6 heteroatoms. The van der Waals surface area contributed by atoms with Crippen LogP contribution in [-0.4, -0.2) is 37.5 Å². The van der Waals surface area contributed by atoms with Gasteiger partial charge in [0.2, 0.25) is 10.0 Å². The van der Waals surface area contributed by atoms with E-state index in [4.69, 9.17) is 5.26 Å². The van der Waals surface area contributed by atoms with E-state index < -0.39 is 10.0 Å². The molecule has 0 aliphatic heterocycles. The van der Waals surface area contributed by atoms with Crippen molar-refractivity contribution < 1.29 is 13.5 Å². The van der Waals surface area contributed by atoms with E-state index in [9.17, 15) is 13.5 Å². The molecular weight excluding hydrogens is 276 g/mol. The molecule has 1 saturated carbocycles. The van der Waals surface area contributed by atoms with Gasteiger partial charge in [-0.15, -0.1) is 0 Å². The number of nitrogens with zero attached hydrogens (tertiary/aromatic N) is 2. The van der Waals surface area contributed by atoms with Gasteiger partial charge in [-0.3, -0.25) is 0 Å².